The van der Waals surface area contributed by atoms with Crippen LogP contribution in [0.15, 0.2) is 42.5 Å². The van der Waals surface area contributed by atoms with Gasteiger partial charge in [0.1, 0.15) is 0 Å². The Kier molecular flexibility index (Phi) is 1.92. The fourth-order valence-electron chi connectivity index (χ4n) is 1.85. The fourth-order valence-corrected chi connectivity index (χ4v) is 1.85. The topological polar surface area (TPSA) is 37.3 Å². The van der Waals surface area contributed by atoms with E-state index in [1.807, 2.05) is 30.3 Å². The maximum atomic E-state index is 10.9. The predicted molar refractivity (Wildman–Crippen MR) is 54.1 cm³/mol. The molecule has 2 heteroatoms. The highest BCUT2D eigenvalue weighted by molar-refractivity contribution is 5.90. The number of hydrogen-bond donors (Lipinski definition) is 1. The Morgan fingerprint density at radius 1 is 1.29 bits per heavy atom. The Labute approximate surface area is 82.9 Å². The van der Waals surface area contributed by atoms with Crippen LogP contribution in [0.2, 0.25) is 0 Å². The summed E-state index contributed by atoms with van der Waals surface area (Å²) in [5.41, 5.74) is 1.13. The van der Waals surface area contributed by atoms with E-state index in [0.29, 0.717) is 5.57 Å². The van der Waals surface area contributed by atoms with Crippen molar-refractivity contribution in [1.82, 2.24) is 0 Å². The van der Waals surface area contributed by atoms with Crippen molar-refractivity contribution in [3.63, 3.8) is 0 Å². The Morgan fingerprint density at radius 3 is 2.29 bits per heavy atom. The molecule has 1 aliphatic carbocycles. The fraction of sp³-hybridized carbons (Fsp3) is 0.250. The first kappa shape index (κ1) is 9.00. The Hall–Kier alpha value is -1.57. The number of carbonyl (C=O) groups is 1. The first-order valence-electron chi connectivity index (χ1n) is 4.65. The lowest BCUT2D eigenvalue weighted by molar-refractivity contribution is -0.133. The molecule has 1 saturated carbocycles. The van der Waals surface area contributed by atoms with Gasteiger partial charge in [-0.05, 0) is 18.4 Å². The molecule has 2 nitrogen and oxygen atoms in total. The third kappa shape index (κ3) is 1.23. The Bertz CT molecular complexity index is 375. The summed E-state index contributed by atoms with van der Waals surface area (Å²) in [6.07, 6.45) is 1.81. The Morgan fingerprint density at radius 2 is 1.86 bits per heavy atom. The van der Waals surface area contributed by atoms with Crippen LogP contribution in [0.25, 0.3) is 0 Å². The molecule has 1 aromatic rings. The second kappa shape index (κ2) is 2.98. The van der Waals surface area contributed by atoms with Gasteiger partial charge in [-0.25, -0.2) is 4.79 Å². The van der Waals surface area contributed by atoms with E-state index in [-0.39, 0.29) is 5.41 Å². The standard InChI is InChI=1S/C12H12O2/c1-9(11(13)14)12(7-8-12)10-5-3-2-4-6-10/h2-6H,1,7-8H2,(H,13,14). The molecule has 1 fully saturated rings. The summed E-state index contributed by atoms with van der Waals surface area (Å²) < 4.78 is 0. The van der Waals surface area contributed by atoms with Crippen molar-refractivity contribution < 1.29 is 9.90 Å². The van der Waals surface area contributed by atoms with Gasteiger partial charge in [0, 0.05) is 11.0 Å². The molecule has 0 bridgehead atoms. The summed E-state index contributed by atoms with van der Waals surface area (Å²) in [4.78, 5) is 10.9. The SMILES string of the molecule is C=C(C(=O)O)C1(c2ccccc2)CC1. The van der Waals surface area contributed by atoms with Crippen molar-refractivity contribution in [3.8, 4) is 0 Å². The van der Waals surface area contributed by atoms with Gasteiger partial charge in [-0.15, -0.1) is 0 Å². The zero-order valence-corrected chi connectivity index (χ0v) is 7.86. The molecule has 0 saturated heterocycles. The molecule has 0 aromatic heterocycles. The van der Waals surface area contributed by atoms with Crippen molar-refractivity contribution >= 4 is 5.97 Å². The van der Waals surface area contributed by atoms with Gasteiger partial charge >= 0.3 is 5.97 Å². The highest BCUT2D eigenvalue weighted by atomic mass is 16.4. The van der Waals surface area contributed by atoms with Gasteiger partial charge in [0.25, 0.3) is 0 Å². The maximum absolute atomic E-state index is 10.9. The van der Waals surface area contributed by atoms with Crippen molar-refractivity contribution in [2.75, 3.05) is 0 Å². The number of hydrogen-bond acceptors (Lipinski definition) is 1. The van der Waals surface area contributed by atoms with Crippen LogP contribution in [0.5, 0.6) is 0 Å². The van der Waals surface area contributed by atoms with Crippen molar-refractivity contribution in [1.29, 1.82) is 0 Å². The molecule has 2 rings (SSSR count). The molecule has 0 amide bonds. The highest BCUT2D eigenvalue weighted by Crippen LogP contribution is 2.53. The van der Waals surface area contributed by atoms with Crippen LogP contribution in [-0.4, -0.2) is 11.1 Å². The summed E-state index contributed by atoms with van der Waals surface area (Å²) in [5, 5.41) is 8.92. The summed E-state index contributed by atoms with van der Waals surface area (Å²) >= 11 is 0. The lowest BCUT2D eigenvalue weighted by Crippen LogP contribution is -2.16. The van der Waals surface area contributed by atoms with Gasteiger partial charge in [0.15, 0.2) is 0 Å². The number of carboxylic acid groups (broad SMARTS) is 1. The lowest BCUT2D eigenvalue weighted by Gasteiger charge is -2.15. The number of aliphatic carboxylic acids is 1. The summed E-state index contributed by atoms with van der Waals surface area (Å²) in [6.45, 7) is 3.67. The van der Waals surface area contributed by atoms with Gasteiger partial charge in [-0.3, -0.25) is 0 Å². The largest absolute Gasteiger partial charge is 0.478 e. The number of benzene rings is 1. The minimum Gasteiger partial charge on any atom is -0.478 e. The van der Waals surface area contributed by atoms with Crippen LogP contribution in [0, 0.1) is 0 Å². The molecule has 72 valence electrons. The van der Waals surface area contributed by atoms with Gasteiger partial charge in [0.05, 0.1) is 0 Å². The third-order valence-electron chi connectivity index (χ3n) is 2.91. The van der Waals surface area contributed by atoms with Crippen LogP contribution >= 0.6 is 0 Å². The monoisotopic (exact) mass is 188 g/mol. The quantitative estimate of drug-likeness (QED) is 0.739. The zero-order chi connectivity index (χ0) is 10.2. The third-order valence-corrected chi connectivity index (χ3v) is 2.91. The molecule has 1 N–H and O–H groups in total. The minimum atomic E-state index is -0.883. The Balaban J connectivity index is 2.35. The molecular formula is C12H12O2. The van der Waals surface area contributed by atoms with Gasteiger partial charge < -0.3 is 5.11 Å². The predicted octanol–water partition coefficient (Wildman–Crippen LogP) is 2.36. The van der Waals surface area contributed by atoms with Gasteiger partial charge in [0.2, 0.25) is 0 Å². The van der Waals surface area contributed by atoms with Gasteiger partial charge in [-0.1, -0.05) is 36.9 Å². The van der Waals surface area contributed by atoms with E-state index in [9.17, 15) is 4.79 Å². The normalized spacial score (nSPS) is 17.4. The van der Waals surface area contributed by atoms with E-state index in [4.69, 9.17) is 5.11 Å². The molecule has 1 aliphatic rings. The molecule has 0 atom stereocenters. The minimum absolute atomic E-state index is 0.271. The lowest BCUT2D eigenvalue weighted by atomic mass is 9.89. The second-order valence-electron chi connectivity index (χ2n) is 3.73. The van der Waals surface area contributed by atoms with Crippen LogP contribution in [0.1, 0.15) is 18.4 Å². The molecule has 0 spiro atoms. The average Bonchev–Trinajstić information content (AvgIpc) is 2.99. The van der Waals surface area contributed by atoms with E-state index in [1.165, 1.54) is 0 Å². The maximum Gasteiger partial charge on any atom is 0.331 e. The zero-order valence-electron chi connectivity index (χ0n) is 7.86. The highest BCUT2D eigenvalue weighted by Gasteiger charge is 2.48. The first-order valence-corrected chi connectivity index (χ1v) is 4.65. The molecule has 0 heterocycles. The summed E-state index contributed by atoms with van der Waals surface area (Å²) in [7, 11) is 0. The van der Waals surface area contributed by atoms with E-state index in [0.717, 1.165) is 18.4 Å². The van der Waals surface area contributed by atoms with Crippen LogP contribution in [0.4, 0.5) is 0 Å². The molecule has 1 aromatic carbocycles. The van der Waals surface area contributed by atoms with Crippen LogP contribution in [-0.2, 0) is 10.2 Å². The van der Waals surface area contributed by atoms with E-state index < -0.39 is 5.97 Å². The van der Waals surface area contributed by atoms with Crippen LogP contribution in [0.3, 0.4) is 0 Å². The number of carboxylic acids is 1. The average molecular weight is 188 g/mol. The van der Waals surface area contributed by atoms with E-state index >= 15 is 0 Å². The van der Waals surface area contributed by atoms with E-state index in [2.05, 4.69) is 6.58 Å². The van der Waals surface area contributed by atoms with Crippen molar-refractivity contribution in [2.24, 2.45) is 0 Å². The molecule has 0 aliphatic heterocycles. The summed E-state index contributed by atoms with van der Waals surface area (Å²) in [6, 6.07) is 9.75. The number of rotatable bonds is 3. The molecule has 0 unspecified atom stereocenters. The summed E-state index contributed by atoms with van der Waals surface area (Å²) in [5.74, 6) is -0.883. The molecule has 0 radical (unpaired) electrons. The molecule has 14 heavy (non-hydrogen) atoms. The van der Waals surface area contributed by atoms with E-state index in [1.54, 1.807) is 0 Å². The molecular weight excluding hydrogens is 176 g/mol. The van der Waals surface area contributed by atoms with Gasteiger partial charge in [-0.2, -0.15) is 0 Å². The smallest absolute Gasteiger partial charge is 0.331 e. The van der Waals surface area contributed by atoms with Crippen molar-refractivity contribution in [2.45, 2.75) is 18.3 Å². The first-order chi connectivity index (χ1) is 6.67. The van der Waals surface area contributed by atoms with Crippen molar-refractivity contribution in [3.05, 3.63) is 48.0 Å². The van der Waals surface area contributed by atoms with Crippen LogP contribution < -0.4 is 0 Å². The second-order valence-corrected chi connectivity index (χ2v) is 3.73.